The Bertz CT molecular complexity index is 483. The topological polar surface area (TPSA) is 12.5 Å². The van der Waals surface area contributed by atoms with Crippen LogP contribution in [0.5, 0.6) is 5.75 Å². The van der Waals surface area contributed by atoms with E-state index in [1.807, 2.05) is 0 Å². The number of benzene rings is 1. The van der Waals surface area contributed by atoms with Crippen molar-refractivity contribution in [3.05, 3.63) is 29.3 Å². The van der Waals surface area contributed by atoms with E-state index in [1.54, 1.807) is 5.56 Å². The molecule has 0 bridgehead atoms. The Morgan fingerprint density at radius 1 is 1.14 bits per heavy atom. The quantitative estimate of drug-likeness (QED) is 0.831. The number of likely N-dealkylation sites (tertiary alicyclic amines) is 1. The van der Waals surface area contributed by atoms with Gasteiger partial charge in [0.05, 0.1) is 0 Å². The molecule has 1 saturated heterocycles. The lowest BCUT2D eigenvalue weighted by Crippen LogP contribution is -2.30. The van der Waals surface area contributed by atoms with Crippen LogP contribution < -0.4 is 4.74 Å². The maximum absolute atomic E-state index is 5.99. The van der Waals surface area contributed by atoms with E-state index >= 15 is 0 Å². The van der Waals surface area contributed by atoms with Gasteiger partial charge < -0.3 is 9.64 Å². The van der Waals surface area contributed by atoms with Crippen LogP contribution in [0.15, 0.2) is 18.2 Å². The van der Waals surface area contributed by atoms with Crippen molar-refractivity contribution in [1.29, 1.82) is 0 Å². The van der Waals surface area contributed by atoms with Gasteiger partial charge in [0, 0.05) is 6.54 Å². The van der Waals surface area contributed by atoms with E-state index in [0.717, 1.165) is 11.7 Å². The lowest BCUT2D eigenvalue weighted by molar-refractivity contribution is 0.130. The lowest BCUT2D eigenvalue weighted by Gasteiger charge is -2.29. The molecule has 1 heterocycles. The Morgan fingerprint density at radius 2 is 1.90 bits per heavy atom. The Labute approximate surface area is 129 Å². The Kier molecular flexibility index (Phi) is 4.26. The van der Waals surface area contributed by atoms with Crippen molar-refractivity contribution in [2.45, 2.75) is 58.5 Å². The molecule has 0 aromatic heterocycles. The molecule has 1 aliphatic carbocycles. The molecule has 21 heavy (non-hydrogen) atoms. The Morgan fingerprint density at radius 3 is 2.62 bits per heavy atom. The maximum Gasteiger partial charge on any atom is 0.120 e. The minimum absolute atomic E-state index is 0.110. The molecule has 2 nitrogen and oxygen atoms in total. The second-order valence-corrected chi connectivity index (χ2v) is 7.76. The standard InChI is InChI=1S/C19H29NO/c1-19(2,3)21-18-9-8-16-12-15(6-7-17(16)13-18)14-20-10-4-5-11-20/h8-9,13,15H,4-7,10-12,14H2,1-3H3. The molecule has 1 aliphatic heterocycles. The molecule has 0 radical (unpaired) electrons. The van der Waals surface area contributed by atoms with E-state index in [4.69, 9.17) is 4.74 Å². The van der Waals surface area contributed by atoms with E-state index in [-0.39, 0.29) is 5.60 Å². The molecule has 2 heteroatoms. The Hall–Kier alpha value is -1.02. The van der Waals surface area contributed by atoms with Gasteiger partial charge in [-0.25, -0.2) is 0 Å². The van der Waals surface area contributed by atoms with E-state index in [2.05, 4.69) is 43.9 Å². The summed E-state index contributed by atoms with van der Waals surface area (Å²) in [7, 11) is 0. The molecule has 2 aliphatic rings. The first kappa shape index (κ1) is 14.9. The first-order valence-electron chi connectivity index (χ1n) is 8.53. The van der Waals surface area contributed by atoms with Crippen molar-refractivity contribution in [3.63, 3.8) is 0 Å². The molecule has 116 valence electrons. The summed E-state index contributed by atoms with van der Waals surface area (Å²) in [5.74, 6) is 1.88. The molecular weight excluding hydrogens is 258 g/mol. The summed E-state index contributed by atoms with van der Waals surface area (Å²) in [4.78, 5) is 2.66. The molecule has 1 aromatic carbocycles. The van der Waals surface area contributed by atoms with Gasteiger partial charge >= 0.3 is 0 Å². The van der Waals surface area contributed by atoms with Crippen LogP contribution in [0, 0.1) is 5.92 Å². The number of nitrogens with zero attached hydrogens (tertiary/aromatic N) is 1. The number of ether oxygens (including phenoxy) is 1. The molecule has 1 aromatic rings. The third kappa shape index (κ3) is 4.00. The van der Waals surface area contributed by atoms with Crippen LogP contribution in [0.25, 0.3) is 0 Å². The second-order valence-electron chi connectivity index (χ2n) is 7.76. The molecule has 1 fully saturated rings. The minimum Gasteiger partial charge on any atom is -0.488 e. The number of hydrogen-bond donors (Lipinski definition) is 0. The maximum atomic E-state index is 5.99. The molecule has 1 atom stereocenters. The van der Waals surface area contributed by atoms with Gasteiger partial charge in [-0.3, -0.25) is 0 Å². The molecular formula is C19H29NO. The van der Waals surface area contributed by atoms with Gasteiger partial charge in [-0.15, -0.1) is 0 Å². The summed E-state index contributed by atoms with van der Waals surface area (Å²) in [5.41, 5.74) is 2.95. The van der Waals surface area contributed by atoms with Gasteiger partial charge in [0.15, 0.2) is 0 Å². The average Bonchev–Trinajstić information content (AvgIpc) is 2.90. The lowest BCUT2D eigenvalue weighted by atomic mass is 9.83. The first-order valence-corrected chi connectivity index (χ1v) is 8.53. The van der Waals surface area contributed by atoms with Crippen molar-refractivity contribution in [3.8, 4) is 5.75 Å². The molecule has 3 rings (SSSR count). The summed E-state index contributed by atoms with van der Waals surface area (Å²) in [6.45, 7) is 10.3. The van der Waals surface area contributed by atoms with Crippen LogP contribution in [-0.4, -0.2) is 30.1 Å². The predicted octanol–water partition coefficient (Wildman–Crippen LogP) is 4.06. The van der Waals surface area contributed by atoms with Crippen LogP contribution in [0.2, 0.25) is 0 Å². The van der Waals surface area contributed by atoms with Crippen LogP contribution in [0.4, 0.5) is 0 Å². The van der Waals surface area contributed by atoms with Crippen molar-refractivity contribution in [2.24, 2.45) is 5.92 Å². The summed E-state index contributed by atoms with van der Waals surface area (Å²) in [6, 6.07) is 6.72. The Balaban J connectivity index is 1.63. The second kappa shape index (κ2) is 6.00. The largest absolute Gasteiger partial charge is 0.488 e. The van der Waals surface area contributed by atoms with Gasteiger partial charge in [-0.05, 0) is 95.1 Å². The fourth-order valence-corrected chi connectivity index (χ4v) is 3.71. The summed E-state index contributed by atoms with van der Waals surface area (Å²) in [5, 5.41) is 0. The highest BCUT2D eigenvalue weighted by Gasteiger charge is 2.23. The molecule has 0 N–H and O–H groups in total. The summed E-state index contributed by atoms with van der Waals surface area (Å²) >= 11 is 0. The highest BCUT2D eigenvalue weighted by molar-refractivity contribution is 5.37. The van der Waals surface area contributed by atoms with E-state index < -0.39 is 0 Å². The van der Waals surface area contributed by atoms with Crippen LogP contribution in [0.3, 0.4) is 0 Å². The number of rotatable bonds is 3. The molecule has 1 unspecified atom stereocenters. The van der Waals surface area contributed by atoms with Gasteiger partial charge in [0.1, 0.15) is 11.4 Å². The van der Waals surface area contributed by atoms with Gasteiger partial charge in [0.2, 0.25) is 0 Å². The molecule has 0 saturated carbocycles. The fourth-order valence-electron chi connectivity index (χ4n) is 3.71. The molecule has 0 spiro atoms. The normalized spacial score (nSPS) is 23.1. The van der Waals surface area contributed by atoms with Gasteiger partial charge in [-0.1, -0.05) is 6.07 Å². The molecule has 0 amide bonds. The average molecular weight is 287 g/mol. The highest BCUT2D eigenvalue weighted by atomic mass is 16.5. The number of aryl methyl sites for hydroxylation is 1. The van der Waals surface area contributed by atoms with Gasteiger partial charge in [0.25, 0.3) is 0 Å². The van der Waals surface area contributed by atoms with Crippen LogP contribution in [0.1, 0.15) is 51.2 Å². The fraction of sp³-hybridized carbons (Fsp3) is 0.684. The summed E-state index contributed by atoms with van der Waals surface area (Å²) in [6.07, 6.45) is 6.60. The zero-order valence-corrected chi connectivity index (χ0v) is 13.8. The smallest absolute Gasteiger partial charge is 0.120 e. The zero-order valence-electron chi connectivity index (χ0n) is 13.8. The third-order valence-electron chi connectivity index (χ3n) is 4.65. The van der Waals surface area contributed by atoms with Crippen molar-refractivity contribution in [1.82, 2.24) is 4.90 Å². The number of hydrogen-bond acceptors (Lipinski definition) is 2. The summed E-state index contributed by atoms with van der Waals surface area (Å²) < 4.78 is 5.99. The van der Waals surface area contributed by atoms with Crippen molar-refractivity contribution >= 4 is 0 Å². The van der Waals surface area contributed by atoms with Crippen LogP contribution in [-0.2, 0) is 12.8 Å². The minimum atomic E-state index is -0.110. The zero-order chi connectivity index (χ0) is 14.9. The third-order valence-corrected chi connectivity index (χ3v) is 4.65. The van der Waals surface area contributed by atoms with Crippen molar-refractivity contribution in [2.75, 3.05) is 19.6 Å². The van der Waals surface area contributed by atoms with E-state index in [0.29, 0.717) is 0 Å². The monoisotopic (exact) mass is 287 g/mol. The highest BCUT2D eigenvalue weighted by Crippen LogP contribution is 2.30. The van der Waals surface area contributed by atoms with E-state index in [9.17, 15) is 0 Å². The van der Waals surface area contributed by atoms with Crippen LogP contribution >= 0.6 is 0 Å². The number of fused-ring (bicyclic) bond motifs is 1. The van der Waals surface area contributed by atoms with Crippen molar-refractivity contribution < 1.29 is 4.74 Å². The van der Waals surface area contributed by atoms with E-state index in [1.165, 1.54) is 57.3 Å². The predicted molar refractivity (Wildman–Crippen MR) is 88.0 cm³/mol. The SMILES string of the molecule is CC(C)(C)Oc1ccc2c(c1)CCC(CN1CCCC1)C2. The first-order chi connectivity index (χ1) is 9.99. The van der Waals surface area contributed by atoms with Gasteiger partial charge in [-0.2, -0.15) is 0 Å².